The number of carbonyl (C=O) groups is 1. The third-order valence-electron chi connectivity index (χ3n) is 4.27. The first-order chi connectivity index (χ1) is 12.2. The molecule has 1 aliphatic carbocycles. The van der Waals surface area contributed by atoms with Crippen molar-refractivity contribution in [2.24, 2.45) is 10.4 Å². The molecule has 0 radical (unpaired) electrons. The van der Waals surface area contributed by atoms with E-state index in [2.05, 4.69) is 4.99 Å². The first-order valence-corrected chi connectivity index (χ1v) is 8.31. The molecule has 0 spiro atoms. The van der Waals surface area contributed by atoms with E-state index in [4.69, 9.17) is 0 Å². The zero-order valence-electron chi connectivity index (χ0n) is 14.6. The molecule has 0 fully saturated rings. The van der Waals surface area contributed by atoms with Gasteiger partial charge in [0, 0.05) is 18.4 Å². The fourth-order valence-electron chi connectivity index (χ4n) is 3.07. The lowest BCUT2D eigenvalue weighted by atomic mass is 9.75. The molecule has 0 unspecified atom stereocenters. The summed E-state index contributed by atoms with van der Waals surface area (Å²) in [5.74, 6) is -1.06. The van der Waals surface area contributed by atoms with E-state index in [0.29, 0.717) is 17.7 Å². The van der Waals surface area contributed by atoms with Crippen LogP contribution in [0.3, 0.4) is 0 Å². The van der Waals surface area contributed by atoms with Crippen LogP contribution < -0.4 is 0 Å². The maximum absolute atomic E-state index is 13.3. The molecule has 0 amide bonds. The van der Waals surface area contributed by atoms with E-state index in [1.54, 1.807) is 0 Å². The van der Waals surface area contributed by atoms with Crippen molar-refractivity contribution in [3.8, 4) is 0 Å². The fraction of sp³-hybridized carbons (Fsp3) is 0.238. The number of halogens is 2. The predicted octanol–water partition coefficient (Wildman–Crippen LogP) is 5.29. The second-order valence-electron chi connectivity index (χ2n) is 7.21. The first-order valence-electron chi connectivity index (χ1n) is 8.31. The van der Waals surface area contributed by atoms with Gasteiger partial charge in [0.25, 0.3) is 0 Å². The number of hydrogen-bond donors (Lipinski definition) is 1. The molecule has 0 aliphatic heterocycles. The Kier molecular flexibility index (Phi) is 4.72. The monoisotopic (exact) mass is 355 g/mol. The smallest absolute Gasteiger partial charge is 0.168 e. The van der Waals surface area contributed by atoms with E-state index >= 15 is 0 Å². The van der Waals surface area contributed by atoms with Crippen molar-refractivity contribution in [2.75, 3.05) is 0 Å². The SMILES string of the molecule is CC1(C)CC(=O)C(C(=Nc2ccc(F)cc2)c2ccc(F)cc2)=C(O)C1. The summed E-state index contributed by atoms with van der Waals surface area (Å²) in [5, 5.41) is 10.5. The van der Waals surface area contributed by atoms with Crippen LogP contribution in [0.4, 0.5) is 14.5 Å². The maximum atomic E-state index is 13.3. The summed E-state index contributed by atoms with van der Waals surface area (Å²) in [5.41, 5.74) is 0.998. The highest BCUT2D eigenvalue weighted by Gasteiger charge is 2.35. The number of rotatable bonds is 3. The molecular weight excluding hydrogens is 336 g/mol. The molecule has 1 N–H and O–H groups in total. The van der Waals surface area contributed by atoms with Crippen LogP contribution in [0, 0.1) is 17.0 Å². The third kappa shape index (κ3) is 3.87. The van der Waals surface area contributed by atoms with Crippen molar-refractivity contribution < 1.29 is 18.7 Å². The van der Waals surface area contributed by atoms with Crippen LogP contribution in [0.1, 0.15) is 32.3 Å². The first kappa shape index (κ1) is 18.0. The Balaban J connectivity index is 2.16. The topological polar surface area (TPSA) is 49.7 Å². The third-order valence-corrected chi connectivity index (χ3v) is 4.27. The number of nitrogens with zero attached hydrogens (tertiary/aromatic N) is 1. The summed E-state index contributed by atoms with van der Waals surface area (Å²) < 4.78 is 26.5. The maximum Gasteiger partial charge on any atom is 0.168 e. The van der Waals surface area contributed by atoms with Gasteiger partial charge in [-0.25, -0.2) is 13.8 Å². The molecule has 0 atom stereocenters. The van der Waals surface area contributed by atoms with Gasteiger partial charge in [-0.1, -0.05) is 13.8 Å². The molecule has 0 bridgehead atoms. The minimum absolute atomic E-state index is 0.0311. The van der Waals surface area contributed by atoms with Crippen LogP contribution in [0.25, 0.3) is 0 Å². The number of aliphatic imine (C=N–C) groups is 1. The second kappa shape index (κ2) is 6.83. The van der Waals surface area contributed by atoms with Gasteiger partial charge in [0.05, 0.1) is 17.0 Å². The molecule has 0 heterocycles. The van der Waals surface area contributed by atoms with E-state index in [9.17, 15) is 18.7 Å². The van der Waals surface area contributed by atoms with Crippen LogP contribution in [0.5, 0.6) is 0 Å². The number of aliphatic hydroxyl groups excluding tert-OH is 1. The van der Waals surface area contributed by atoms with Crippen molar-refractivity contribution in [1.82, 2.24) is 0 Å². The highest BCUT2D eigenvalue weighted by molar-refractivity contribution is 6.29. The highest BCUT2D eigenvalue weighted by atomic mass is 19.1. The Labute approximate surface area is 150 Å². The summed E-state index contributed by atoms with van der Waals surface area (Å²) in [6.07, 6.45) is 0.619. The lowest BCUT2D eigenvalue weighted by Crippen LogP contribution is -2.29. The molecule has 0 saturated heterocycles. The van der Waals surface area contributed by atoms with Crippen LogP contribution in [-0.4, -0.2) is 16.6 Å². The second-order valence-corrected chi connectivity index (χ2v) is 7.21. The Morgan fingerprint density at radius 2 is 1.50 bits per heavy atom. The largest absolute Gasteiger partial charge is 0.511 e. The van der Waals surface area contributed by atoms with Crippen LogP contribution in [0.2, 0.25) is 0 Å². The number of carbonyl (C=O) groups excluding carboxylic acids is 1. The van der Waals surface area contributed by atoms with E-state index in [-0.39, 0.29) is 34.7 Å². The van der Waals surface area contributed by atoms with Crippen LogP contribution in [0.15, 0.2) is 64.9 Å². The van der Waals surface area contributed by atoms with Crippen LogP contribution in [-0.2, 0) is 4.79 Å². The average Bonchev–Trinajstić information content (AvgIpc) is 2.55. The number of allylic oxidation sites excluding steroid dienone is 2. The number of hydrogen-bond acceptors (Lipinski definition) is 3. The van der Waals surface area contributed by atoms with E-state index in [1.807, 2.05) is 13.8 Å². The standard InChI is InChI=1S/C21H19F2NO2/c1-21(2)11-17(25)19(18(26)12-21)20(13-3-5-14(22)6-4-13)24-16-9-7-15(23)8-10-16/h3-10,25H,11-12H2,1-2H3. The minimum Gasteiger partial charge on any atom is -0.511 e. The van der Waals surface area contributed by atoms with Crippen molar-refractivity contribution in [1.29, 1.82) is 0 Å². The average molecular weight is 355 g/mol. The summed E-state index contributed by atoms with van der Waals surface area (Å²) in [4.78, 5) is 17.2. The van der Waals surface area contributed by atoms with Gasteiger partial charge in [-0.2, -0.15) is 0 Å². The van der Waals surface area contributed by atoms with Crippen molar-refractivity contribution in [2.45, 2.75) is 26.7 Å². The van der Waals surface area contributed by atoms with Crippen molar-refractivity contribution in [3.05, 3.63) is 77.1 Å². The van der Waals surface area contributed by atoms with Gasteiger partial charge in [0.1, 0.15) is 17.4 Å². The van der Waals surface area contributed by atoms with Crippen molar-refractivity contribution in [3.63, 3.8) is 0 Å². The summed E-state index contributed by atoms with van der Waals surface area (Å²) in [6.45, 7) is 3.82. The fourth-order valence-corrected chi connectivity index (χ4v) is 3.07. The Hall–Kier alpha value is -2.82. The highest BCUT2D eigenvalue weighted by Crippen LogP contribution is 2.37. The quantitative estimate of drug-likeness (QED) is 0.761. The molecule has 3 rings (SSSR count). The van der Waals surface area contributed by atoms with Gasteiger partial charge in [0.2, 0.25) is 0 Å². The van der Waals surface area contributed by atoms with Gasteiger partial charge < -0.3 is 5.11 Å². The lowest BCUT2D eigenvalue weighted by molar-refractivity contribution is -0.117. The summed E-state index contributed by atoms with van der Waals surface area (Å²) >= 11 is 0. The molecule has 2 aromatic rings. The van der Waals surface area contributed by atoms with Gasteiger partial charge in [-0.05, 0) is 53.9 Å². The van der Waals surface area contributed by atoms with E-state index in [0.717, 1.165) is 0 Å². The number of Topliss-reactive ketones (excluding diaryl/α,β-unsaturated/α-hetero) is 1. The van der Waals surface area contributed by atoms with Gasteiger partial charge in [-0.3, -0.25) is 4.79 Å². The Bertz CT molecular complexity index is 895. The van der Waals surface area contributed by atoms with E-state index in [1.165, 1.54) is 48.5 Å². The Morgan fingerprint density at radius 1 is 0.962 bits per heavy atom. The summed E-state index contributed by atoms with van der Waals surface area (Å²) in [7, 11) is 0. The zero-order valence-corrected chi connectivity index (χ0v) is 14.6. The van der Waals surface area contributed by atoms with Gasteiger partial charge in [0.15, 0.2) is 5.78 Å². The normalized spacial score (nSPS) is 17.5. The molecule has 1 aliphatic rings. The Morgan fingerprint density at radius 3 is 2.04 bits per heavy atom. The molecule has 3 nitrogen and oxygen atoms in total. The van der Waals surface area contributed by atoms with E-state index < -0.39 is 11.6 Å². The predicted molar refractivity (Wildman–Crippen MR) is 96.7 cm³/mol. The summed E-state index contributed by atoms with van der Waals surface area (Å²) in [6, 6.07) is 11.0. The van der Waals surface area contributed by atoms with Gasteiger partial charge >= 0.3 is 0 Å². The number of aliphatic hydroxyl groups is 1. The lowest BCUT2D eigenvalue weighted by Gasteiger charge is -2.30. The molecule has 2 aromatic carbocycles. The minimum atomic E-state index is -0.413. The molecule has 0 aromatic heterocycles. The molecule has 134 valence electrons. The van der Waals surface area contributed by atoms with Crippen molar-refractivity contribution >= 4 is 17.2 Å². The van der Waals surface area contributed by atoms with Gasteiger partial charge in [-0.15, -0.1) is 0 Å². The zero-order chi connectivity index (χ0) is 18.9. The van der Waals surface area contributed by atoms with Crippen LogP contribution >= 0.6 is 0 Å². The molecular formula is C21H19F2NO2. The number of ketones is 1. The molecule has 5 heteroatoms. The number of benzene rings is 2. The molecule has 26 heavy (non-hydrogen) atoms. The molecule has 0 saturated carbocycles.